The Morgan fingerprint density at radius 3 is 2.12 bits per heavy atom. The summed E-state index contributed by atoms with van der Waals surface area (Å²) in [6.45, 7) is 10.0. The smallest absolute Gasteiger partial charge is 0.0308 e. The fraction of sp³-hybridized carbons (Fsp3) is 1.00. The Balaban J connectivity index is 2.69. The first-order valence-corrected chi connectivity index (χ1v) is 6.80. The molecule has 0 bridgehead atoms. The molecule has 1 atom stereocenters. The summed E-state index contributed by atoms with van der Waals surface area (Å²) in [6.07, 6.45) is 6.69. The molecule has 2 nitrogen and oxygen atoms in total. The molecule has 0 aromatic carbocycles. The second-order valence-electron chi connectivity index (χ2n) is 6.43. The van der Waals surface area contributed by atoms with E-state index >= 15 is 0 Å². The van der Waals surface area contributed by atoms with E-state index in [-0.39, 0.29) is 11.1 Å². The maximum atomic E-state index is 6.04. The number of nitrogens with zero attached hydrogens (tertiary/aromatic N) is 1. The van der Waals surface area contributed by atoms with E-state index in [0.717, 1.165) is 12.5 Å². The van der Waals surface area contributed by atoms with Crippen molar-refractivity contribution in [2.24, 2.45) is 11.7 Å². The Labute approximate surface area is 102 Å². The molecular weight excluding hydrogens is 196 g/mol. The van der Waals surface area contributed by atoms with Gasteiger partial charge in [-0.2, -0.15) is 0 Å². The first kappa shape index (κ1) is 14.0. The van der Waals surface area contributed by atoms with Gasteiger partial charge in [-0.05, 0) is 46.6 Å². The third-order valence-electron chi connectivity index (χ3n) is 4.98. The molecule has 0 radical (unpaired) electrons. The molecule has 1 saturated carbocycles. The summed E-state index contributed by atoms with van der Waals surface area (Å²) in [5, 5.41) is 0. The predicted molar refractivity (Wildman–Crippen MR) is 71.6 cm³/mol. The first-order chi connectivity index (χ1) is 7.35. The van der Waals surface area contributed by atoms with Crippen LogP contribution in [0.3, 0.4) is 0 Å². The predicted octanol–water partition coefficient (Wildman–Crippen LogP) is 3.01. The molecule has 1 rings (SSSR count). The number of rotatable bonds is 6. The highest BCUT2D eigenvalue weighted by molar-refractivity contribution is 4.95. The largest absolute Gasteiger partial charge is 0.329 e. The number of hydrogen-bond donors (Lipinski definition) is 1. The van der Waals surface area contributed by atoms with Crippen LogP contribution in [0.1, 0.15) is 59.8 Å². The monoisotopic (exact) mass is 226 g/mol. The molecule has 2 N–H and O–H groups in total. The molecule has 0 aromatic heterocycles. The van der Waals surface area contributed by atoms with Crippen LogP contribution in [0.4, 0.5) is 0 Å². The van der Waals surface area contributed by atoms with Gasteiger partial charge in [0.05, 0.1) is 0 Å². The van der Waals surface area contributed by atoms with Crippen molar-refractivity contribution in [2.75, 3.05) is 13.6 Å². The Bertz CT molecular complexity index is 221. The van der Waals surface area contributed by atoms with E-state index in [1.807, 2.05) is 0 Å². The third-order valence-corrected chi connectivity index (χ3v) is 4.98. The second kappa shape index (κ2) is 5.05. The van der Waals surface area contributed by atoms with Crippen LogP contribution in [0, 0.1) is 5.92 Å². The lowest BCUT2D eigenvalue weighted by atomic mass is 9.75. The van der Waals surface area contributed by atoms with Crippen molar-refractivity contribution in [3.05, 3.63) is 0 Å². The van der Waals surface area contributed by atoms with E-state index in [1.165, 1.54) is 32.1 Å². The van der Waals surface area contributed by atoms with Gasteiger partial charge in [-0.25, -0.2) is 0 Å². The number of likely N-dealkylation sites (N-methyl/N-ethyl adjacent to an activating group) is 1. The highest BCUT2D eigenvalue weighted by atomic mass is 15.2. The topological polar surface area (TPSA) is 29.3 Å². The molecule has 0 spiro atoms. The highest BCUT2D eigenvalue weighted by Gasteiger charge is 2.38. The van der Waals surface area contributed by atoms with Crippen LogP contribution in [-0.2, 0) is 0 Å². The zero-order valence-corrected chi connectivity index (χ0v) is 11.8. The van der Waals surface area contributed by atoms with E-state index < -0.39 is 0 Å². The molecule has 0 aliphatic heterocycles. The van der Waals surface area contributed by atoms with Crippen molar-refractivity contribution in [2.45, 2.75) is 70.9 Å². The molecule has 1 aliphatic carbocycles. The minimum absolute atomic E-state index is 0.171. The molecule has 0 saturated heterocycles. The van der Waals surface area contributed by atoms with Crippen molar-refractivity contribution >= 4 is 0 Å². The molecule has 2 heteroatoms. The minimum atomic E-state index is 0.171. The van der Waals surface area contributed by atoms with Gasteiger partial charge in [0.15, 0.2) is 0 Å². The fourth-order valence-electron chi connectivity index (χ4n) is 2.64. The maximum Gasteiger partial charge on any atom is 0.0308 e. The summed E-state index contributed by atoms with van der Waals surface area (Å²) < 4.78 is 0. The van der Waals surface area contributed by atoms with Gasteiger partial charge in [0.1, 0.15) is 0 Å². The van der Waals surface area contributed by atoms with Gasteiger partial charge in [0.2, 0.25) is 0 Å². The second-order valence-corrected chi connectivity index (χ2v) is 6.43. The van der Waals surface area contributed by atoms with Crippen LogP contribution in [0.2, 0.25) is 0 Å². The van der Waals surface area contributed by atoms with E-state index in [9.17, 15) is 0 Å². The lowest BCUT2D eigenvalue weighted by Gasteiger charge is -2.50. The van der Waals surface area contributed by atoms with Crippen LogP contribution in [0.25, 0.3) is 0 Å². The van der Waals surface area contributed by atoms with Gasteiger partial charge in [0, 0.05) is 17.6 Å². The average molecular weight is 226 g/mol. The summed E-state index contributed by atoms with van der Waals surface area (Å²) in [5.41, 5.74) is 6.46. The zero-order valence-electron chi connectivity index (χ0n) is 11.8. The summed E-state index contributed by atoms with van der Waals surface area (Å²) in [4.78, 5) is 2.51. The van der Waals surface area contributed by atoms with Gasteiger partial charge in [-0.15, -0.1) is 0 Å². The lowest BCUT2D eigenvalue weighted by Crippen LogP contribution is -2.59. The standard InChI is InChI=1S/C14H30N2/c1-6-13(2,3)16(5)14(4,11-15)10-12-8-7-9-12/h12H,6-11,15H2,1-5H3. The lowest BCUT2D eigenvalue weighted by molar-refractivity contribution is 0.0104. The molecular formula is C14H30N2. The van der Waals surface area contributed by atoms with Crippen molar-refractivity contribution < 1.29 is 0 Å². The van der Waals surface area contributed by atoms with Crippen molar-refractivity contribution in [1.82, 2.24) is 4.90 Å². The zero-order chi connectivity index (χ0) is 12.4. The normalized spacial score (nSPS) is 21.9. The first-order valence-electron chi connectivity index (χ1n) is 6.80. The number of hydrogen-bond acceptors (Lipinski definition) is 2. The molecule has 0 heterocycles. The highest BCUT2D eigenvalue weighted by Crippen LogP contribution is 2.37. The Kier molecular flexibility index (Phi) is 4.42. The van der Waals surface area contributed by atoms with E-state index in [0.29, 0.717) is 0 Å². The van der Waals surface area contributed by atoms with Gasteiger partial charge in [-0.1, -0.05) is 26.2 Å². The van der Waals surface area contributed by atoms with E-state index in [1.54, 1.807) is 0 Å². The van der Waals surface area contributed by atoms with E-state index in [2.05, 4.69) is 39.6 Å². The fourth-order valence-corrected chi connectivity index (χ4v) is 2.64. The SMILES string of the molecule is CCC(C)(C)N(C)C(C)(CN)CC1CCC1. The summed E-state index contributed by atoms with van der Waals surface area (Å²) in [5.74, 6) is 0.920. The van der Waals surface area contributed by atoms with E-state index in [4.69, 9.17) is 5.73 Å². The van der Waals surface area contributed by atoms with Gasteiger partial charge in [0.25, 0.3) is 0 Å². The Morgan fingerprint density at radius 1 is 1.25 bits per heavy atom. The van der Waals surface area contributed by atoms with Crippen LogP contribution in [0.5, 0.6) is 0 Å². The maximum absolute atomic E-state index is 6.04. The molecule has 0 aromatic rings. The summed E-state index contributed by atoms with van der Waals surface area (Å²) in [7, 11) is 2.25. The Hall–Kier alpha value is -0.0800. The molecule has 0 amide bonds. The van der Waals surface area contributed by atoms with Crippen molar-refractivity contribution in [3.8, 4) is 0 Å². The molecule has 16 heavy (non-hydrogen) atoms. The van der Waals surface area contributed by atoms with Gasteiger partial charge >= 0.3 is 0 Å². The Morgan fingerprint density at radius 2 is 1.81 bits per heavy atom. The van der Waals surface area contributed by atoms with Crippen LogP contribution in [-0.4, -0.2) is 29.6 Å². The van der Waals surface area contributed by atoms with Crippen molar-refractivity contribution in [3.63, 3.8) is 0 Å². The molecule has 1 aliphatic rings. The molecule has 1 fully saturated rings. The van der Waals surface area contributed by atoms with Crippen LogP contribution in [0.15, 0.2) is 0 Å². The van der Waals surface area contributed by atoms with Crippen LogP contribution < -0.4 is 5.73 Å². The van der Waals surface area contributed by atoms with Crippen molar-refractivity contribution in [1.29, 1.82) is 0 Å². The average Bonchev–Trinajstić information content (AvgIpc) is 2.22. The summed E-state index contributed by atoms with van der Waals surface area (Å²) >= 11 is 0. The minimum Gasteiger partial charge on any atom is -0.329 e. The quantitative estimate of drug-likeness (QED) is 0.754. The summed E-state index contributed by atoms with van der Waals surface area (Å²) in [6, 6.07) is 0. The number of nitrogens with two attached hydrogens (primary N) is 1. The third kappa shape index (κ3) is 2.78. The molecule has 96 valence electrons. The van der Waals surface area contributed by atoms with Gasteiger partial charge < -0.3 is 5.73 Å². The van der Waals surface area contributed by atoms with Crippen LogP contribution >= 0.6 is 0 Å². The van der Waals surface area contributed by atoms with Gasteiger partial charge in [-0.3, -0.25) is 4.90 Å². The molecule has 1 unspecified atom stereocenters.